The van der Waals surface area contributed by atoms with Gasteiger partial charge in [-0.15, -0.1) is 0 Å². The first-order valence-corrected chi connectivity index (χ1v) is 7.19. The van der Waals surface area contributed by atoms with Gasteiger partial charge in [-0.2, -0.15) is 0 Å². The van der Waals surface area contributed by atoms with Crippen molar-refractivity contribution in [2.45, 2.75) is 44.7 Å². The highest BCUT2D eigenvalue weighted by Gasteiger charge is 2.31. The zero-order valence-electron chi connectivity index (χ0n) is 12.7. The number of methoxy groups -OCH3 is 2. The molecule has 1 rings (SSSR count). The summed E-state index contributed by atoms with van der Waals surface area (Å²) in [4.78, 5) is 25.6. The van der Waals surface area contributed by atoms with Crippen molar-refractivity contribution in [3.8, 4) is 0 Å². The van der Waals surface area contributed by atoms with Crippen molar-refractivity contribution in [3.63, 3.8) is 0 Å². The van der Waals surface area contributed by atoms with Crippen LogP contribution in [0.4, 0.5) is 0 Å². The maximum absolute atomic E-state index is 12.1. The zero-order chi connectivity index (χ0) is 15.0. The molecule has 6 nitrogen and oxygen atoms in total. The molecule has 6 heteroatoms. The van der Waals surface area contributed by atoms with Crippen molar-refractivity contribution in [1.82, 2.24) is 10.2 Å². The number of nitrogens with one attached hydrogen (secondary N) is 1. The predicted octanol–water partition coefficient (Wildman–Crippen LogP) is 0.555. The Labute approximate surface area is 120 Å². The molecule has 1 atom stereocenters. The lowest BCUT2D eigenvalue weighted by Crippen LogP contribution is -2.51. The fourth-order valence-corrected chi connectivity index (χ4v) is 2.61. The molecule has 1 fully saturated rings. The fourth-order valence-electron chi connectivity index (χ4n) is 2.61. The van der Waals surface area contributed by atoms with Crippen LogP contribution in [0.25, 0.3) is 0 Å². The molecule has 1 saturated carbocycles. The Morgan fingerprint density at radius 1 is 1.30 bits per heavy atom. The standard InChI is InChI=1S/C14H26N2O4/c1-11(14(18)15-8-9-19-2)16(10-13(17)20-3)12-6-4-5-7-12/h11-12H,4-10H2,1-3H3,(H,15,18). The molecule has 116 valence electrons. The molecule has 1 unspecified atom stereocenters. The second kappa shape index (κ2) is 8.92. The van der Waals surface area contributed by atoms with E-state index in [0.29, 0.717) is 13.2 Å². The first-order chi connectivity index (χ1) is 9.60. The molecule has 0 saturated heterocycles. The van der Waals surface area contributed by atoms with E-state index in [-0.39, 0.29) is 30.5 Å². The average Bonchev–Trinajstić information content (AvgIpc) is 2.97. The highest BCUT2D eigenvalue weighted by Crippen LogP contribution is 2.25. The Morgan fingerprint density at radius 3 is 2.50 bits per heavy atom. The summed E-state index contributed by atoms with van der Waals surface area (Å²) >= 11 is 0. The Balaban J connectivity index is 2.60. The van der Waals surface area contributed by atoms with Gasteiger partial charge >= 0.3 is 5.97 Å². The van der Waals surface area contributed by atoms with Gasteiger partial charge in [-0.25, -0.2) is 0 Å². The van der Waals surface area contributed by atoms with Crippen LogP contribution in [0.3, 0.4) is 0 Å². The monoisotopic (exact) mass is 286 g/mol. The van der Waals surface area contributed by atoms with E-state index in [0.717, 1.165) is 25.7 Å². The third-order valence-electron chi connectivity index (χ3n) is 3.82. The molecular weight excluding hydrogens is 260 g/mol. The quantitative estimate of drug-likeness (QED) is 0.521. The Hall–Kier alpha value is -1.14. The Kier molecular flexibility index (Phi) is 7.54. The molecule has 0 bridgehead atoms. The molecule has 1 amide bonds. The van der Waals surface area contributed by atoms with Crippen LogP contribution in [-0.4, -0.2) is 62.8 Å². The lowest BCUT2D eigenvalue weighted by molar-refractivity contribution is -0.144. The van der Waals surface area contributed by atoms with Crippen molar-refractivity contribution in [2.24, 2.45) is 0 Å². The molecule has 20 heavy (non-hydrogen) atoms. The van der Waals surface area contributed by atoms with E-state index in [1.54, 1.807) is 7.11 Å². The Bertz CT molecular complexity index is 316. The largest absolute Gasteiger partial charge is 0.468 e. The lowest BCUT2D eigenvalue weighted by atomic mass is 10.1. The number of rotatable bonds is 8. The maximum atomic E-state index is 12.1. The first kappa shape index (κ1) is 16.9. The van der Waals surface area contributed by atoms with Crippen LogP contribution in [0.1, 0.15) is 32.6 Å². The van der Waals surface area contributed by atoms with Crippen molar-refractivity contribution >= 4 is 11.9 Å². The van der Waals surface area contributed by atoms with Gasteiger partial charge in [0, 0.05) is 19.7 Å². The zero-order valence-corrected chi connectivity index (χ0v) is 12.7. The number of amides is 1. The minimum absolute atomic E-state index is 0.0714. The van der Waals surface area contributed by atoms with E-state index in [2.05, 4.69) is 5.32 Å². The normalized spacial score (nSPS) is 17.2. The number of nitrogens with zero attached hydrogens (tertiary/aromatic N) is 1. The SMILES string of the molecule is COCCNC(=O)C(C)N(CC(=O)OC)C1CCCC1. The molecule has 1 N–H and O–H groups in total. The van der Waals surface area contributed by atoms with E-state index in [1.807, 2.05) is 11.8 Å². The molecular formula is C14H26N2O4. The van der Waals surface area contributed by atoms with Gasteiger partial charge in [-0.1, -0.05) is 12.8 Å². The number of hydrogen-bond acceptors (Lipinski definition) is 5. The van der Waals surface area contributed by atoms with Crippen molar-refractivity contribution in [3.05, 3.63) is 0 Å². The first-order valence-electron chi connectivity index (χ1n) is 7.19. The highest BCUT2D eigenvalue weighted by molar-refractivity contribution is 5.82. The van der Waals surface area contributed by atoms with E-state index >= 15 is 0 Å². The average molecular weight is 286 g/mol. The van der Waals surface area contributed by atoms with Gasteiger partial charge in [0.15, 0.2) is 0 Å². The van der Waals surface area contributed by atoms with Gasteiger partial charge in [0.2, 0.25) is 5.91 Å². The number of hydrogen-bond donors (Lipinski definition) is 1. The van der Waals surface area contributed by atoms with Crippen molar-refractivity contribution < 1.29 is 19.1 Å². The number of carbonyl (C=O) groups is 2. The van der Waals surface area contributed by atoms with Gasteiger partial charge in [0.1, 0.15) is 0 Å². The maximum Gasteiger partial charge on any atom is 0.319 e. The number of esters is 1. The summed E-state index contributed by atoms with van der Waals surface area (Å²) in [5, 5.41) is 2.82. The summed E-state index contributed by atoms with van der Waals surface area (Å²) in [6.45, 7) is 2.97. The summed E-state index contributed by atoms with van der Waals surface area (Å²) in [7, 11) is 2.97. The van der Waals surface area contributed by atoms with Crippen LogP contribution in [0, 0.1) is 0 Å². The molecule has 0 radical (unpaired) electrons. The van der Waals surface area contributed by atoms with Crippen LogP contribution >= 0.6 is 0 Å². The molecule has 0 aliphatic heterocycles. The summed E-state index contributed by atoms with van der Waals surface area (Å²) in [5.41, 5.74) is 0. The highest BCUT2D eigenvalue weighted by atomic mass is 16.5. The van der Waals surface area contributed by atoms with Gasteiger partial charge in [-0.05, 0) is 19.8 Å². The fraction of sp³-hybridized carbons (Fsp3) is 0.857. The molecule has 0 spiro atoms. The smallest absolute Gasteiger partial charge is 0.319 e. The van der Waals surface area contributed by atoms with E-state index in [1.165, 1.54) is 7.11 Å². The molecule has 0 aromatic rings. The van der Waals surface area contributed by atoms with Gasteiger partial charge < -0.3 is 14.8 Å². The summed E-state index contributed by atoms with van der Waals surface area (Å²) < 4.78 is 9.65. The van der Waals surface area contributed by atoms with Crippen LogP contribution in [-0.2, 0) is 19.1 Å². The third kappa shape index (κ3) is 5.09. The van der Waals surface area contributed by atoms with Crippen molar-refractivity contribution in [2.75, 3.05) is 33.9 Å². The third-order valence-corrected chi connectivity index (χ3v) is 3.82. The summed E-state index contributed by atoms with van der Waals surface area (Å²) in [6, 6.07) is -0.0497. The number of ether oxygens (including phenoxy) is 2. The topological polar surface area (TPSA) is 67.9 Å². The van der Waals surface area contributed by atoms with E-state index in [9.17, 15) is 9.59 Å². The molecule has 0 aromatic carbocycles. The molecule has 0 heterocycles. The van der Waals surface area contributed by atoms with Crippen LogP contribution in [0.2, 0.25) is 0 Å². The number of carbonyl (C=O) groups excluding carboxylic acids is 2. The van der Waals surface area contributed by atoms with Gasteiger partial charge in [-0.3, -0.25) is 14.5 Å². The van der Waals surface area contributed by atoms with Crippen LogP contribution in [0.5, 0.6) is 0 Å². The minimum Gasteiger partial charge on any atom is -0.468 e. The van der Waals surface area contributed by atoms with Crippen molar-refractivity contribution in [1.29, 1.82) is 0 Å². The second-order valence-electron chi connectivity index (χ2n) is 5.15. The lowest BCUT2D eigenvalue weighted by Gasteiger charge is -2.32. The second-order valence-corrected chi connectivity index (χ2v) is 5.15. The van der Waals surface area contributed by atoms with E-state index < -0.39 is 0 Å². The van der Waals surface area contributed by atoms with E-state index in [4.69, 9.17) is 9.47 Å². The molecule has 1 aliphatic carbocycles. The minimum atomic E-state index is -0.339. The molecule has 1 aliphatic rings. The summed E-state index contributed by atoms with van der Waals surface area (Å²) in [6.07, 6.45) is 4.38. The summed E-state index contributed by atoms with van der Waals surface area (Å²) in [5.74, 6) is -0.369. The van der Waals surface area contributed by atoms with Crippen LogP contribution in [0.15, 0.2) is 0 Å². The van der Waals surface area contributed by atoms with Gasteiger partial charge in [0.05, 0.1) is 26.3 Å². The van der Waals surface area contributed by atoms with Gasteiger partial charge in [0.25, 0.3) is 0 Å². The van der Waals surface area contributed by atoms with Crippen LogP contribution < -0.4 is 5.32 Å². The predicted molar refractivity (Wildman–Crippen MR) is 75.3 cm³/mol. The molecule has 0 aromatic heterocycles. The Morgan fingerprint density at radius 2 is 1.95 bits per heavy atom.